The van der Waals surface area contributed by atoms with Crippen molar-refractivity contribution < 1.29 is 19.4 Å². The molecule has 1 saturated heterocycles. The first kappa shape index (κ1) is 16.8. The van der Waals surface area contributed by atoms with Crippen molar-refractivity contribution in [2.75, 3.05) is 31.2 Å². The predicted molar refractivity (Wildman–Crippen MR) is 85.7 cm³/mol. The Hall–Kier alpha value is -1.53. The lowest BCUT2D eigenvalue weighted by atomic mass is 10.1. The van der Waals surface area contributed by atoms with Gasteiger partial charge in [0.05, 0.1) is 24.7 Å². The number of thioether (sulfide) groups is 1. The van der Waals surface area contributed by atoms with Crippen molar-refractivity contribution in [3.05, 3.63) is 35.9 Å². The Morgan fingerprint density at radius 1 is 1.27 bits per heavy atom. The van der Waals surface area contributed by atoms with E-state index in [0.29, 0.717) is 25.7 Å². The molecular formula is C16H21NO4S. The highest BCUT2D eigenvalue weighted by Crippen LogP contribution is 2.18. The Labute approximate surface area is 134 Å². The van der Waals surface area contributed by atoms with Crippen LogP contribution in [0.5, 0.6) is 0 Å². The number of carboxylic acids is 1. The number of nitrogens with zero attached hydrogens (tertiary/aromatic N) is 1. The van der Waals surface area contributed by atoms with Gasteiger partial charge in [0.1, 0.15) is 0 Å². The minimum Gasteiger partial charge on any atom is -0.481 e. The molecule has 1 aliphatic rings. The van der Waals surface area contributed by atoms with Crippen molar-refractivity contribution in [2.24, 2.45) is 5.92 Å². The molecule has 0 bridgehead atoms. The molecule has 6 heteroatoms. The third-order valence-corrected chi connectivity index (χ3v) is 4.46. The number of aliphatic carboxylic acids is 1. The van der Waals surface area contributed by atoms with Gasteiger partial charge in [-0.25, -0.2) is 0 Å². The molecule has 1 N–H and O–H groups in total. The Kier molecular flexibility index (Phi) is 6.74. The molecular weight excluding hydrogens is 302 g/mol. The summed E-state index contributed by atoms with van der Waals surface area (Å²) in [6, 6.07) is 10.0. The van der Waals surface area contributed by atoms with Crippen LogP contribution in [0.15, 0.2) is 30.3 Å². The quantitative estimate of drug-likeness (QED) is 0.791. The molecule has 1 atom stereocenters. The molecule has 1 heterocycles. The van der Waals surface area contributed by atoms with E-state index in [2.05, 4.69) is 0 Å². The maximum absolute atomic E-state index is 11.9. The van der Waals surface area contributed by atoms with E-state index in [4.69, 9.17) is 9.84 Å². The molecule has 120 valence electrons. The van der Waals surface area contributed by atoms with Crippen LogP contribution in [0.3, 0.4) is 0 Å². The highest BCUT2D eigenvalue weighted by atomic mass is 32.2. The average molecular weight is 323 g/mol. The molecule has 1 aromatic carbocycles. The zero-order valence-corrected chi connectivity index (χ0v) is 13.3. The number of amides is 1. The van der Waals surface area contributed by atoms with E-state index in [9.17, 15) is 9.59 Å². The summed E-state index contributed by atoms with van der Waals surface area (Å²) in [5.74, 6) is -0.270. The first-order valence-corrected chi connectivity index (χ1v) is 8.49. The highest BCUT2D eigenvalue weighted by Gasteiger charge is 2.26. The molecule has 1 amide bonds. The Morgan fingerprint density at radius 2 is 2.05 bits per heavy atom. The Morgan fingerprint density at radius 3 is 2.77 bits per heavy atom. The van der Waals surface area contributed by atoms with Crippen LogP contribution in [0.4, 0.5) is 0 Å². The second-order valence-electron chi connectivity index (χ2n) is 5.38. The predicted octanol–water partition coefficient (Wildman–Crippen LogP) is 1.87. The van der Waals surface area contributed by atoms with Gasteiger partial charge in [0.25, 0.3) is 0 Å². The van der Waals surface area contributed by atoms with Gasteiger partial charge in [-0.15, -0.1) is 11.8 Å². The fourth-order valence-corrected chi connectivity index (χ4v) is 3.06. The number of carbonyl (C=O) groups is 2. The van der Waals surface area contributed by atoms with E-state index in [1.54, 1.807) is 0 Å². The summed E-state index contributed by atoms with van der Waals surface area (Å²) in [5.41, 5.74) is 1.15. The third-order valence-electron chi connectivity index (χ3n) is 3.55. The number of rotatable bonds is 8. The molecule has 1 unspecified atom stereocenters. The van der Waals surface area contributed by atoms with E-state index < -0.39 is 5.97 Å². The number of likely N-dealkylation sites (tertiary alicyclic amines) is 1. The second-order valence-corrected chi connectivity index (χ2v) is 6.37. The van der Waals surface area contributed by atoms with Gasteiger partial charge in [0, 0.05) is 19.0 Å². The van der Waals surface area contributed by atoms with Gasteiger partial charge in [0.2, 0.25) is 5.91 Å². The van der Waals surface area contributed by atoms with Crippen molar-refractivity contribution in [1.29, 1.82) is 0 Å². The molecule has 0 aliphatic carbocycles. The summed E-state index contributed by atoms with van der Waals surface area (Å²) in [4.78, 5) is 24.2. The molecule has 22 heavy (non-hydrogen) atoms. The topological polar surface area (TPSA) is 66.8 Å². The number of carbonyl (C=O) groups excluding carboxylic acids is 1. The molecule has 1 fully saturated rings. The number of hydrogen-bond acceptors (Lipinski definition) is 4. The van der Waals surface area contributed by atoms with Crippen LogP contribution in [0.2, 0.25) is 0 Å². The summed E-state index contributed by atoms with van der Waals surface area (Å²) < 4.78 is 5.72. The summed E-state index contributed by atoms with van der Waals surface area (Å²) >= 11 is 1.15. The van der Waals surface area contributed by atoms with E-state index in [1.807, 2.05) is 35.2 Å². The normalized spacial score (nSPS) is 17.6. The lowest BCUT2D eigenvalue weighted by Gasteiger charge is -2.16. The first-order valence-electron chi connectivity index (χ1n) is 7.34. The minimum absolute atomic E-state index is 0.0246. The molecule has 5 nitrogen and oxygen atoms in total. The van der Waals surface area contributed by atoms with Crippen molar-refractivity contribution in [3.8, 4) is 0 Å². The van der Waals surface area contributed by atoms with Crippen LogP contribution >= 0.6 is 11.8 Å². The largest absolute Gasteiger partial charge is 0.481 e. The monoisotopic (exact) mass is 323 g/mol. The van der Waals surface area contributed by atoms with E-state index in [1.165, 1.54) is 0 Å². The fourth-order valence-electron chi connectivity index (χ4n) is 2.43. The van der Waals surface area contributed by atoms with Crippen molar-refractivity contribution in [2.45, 2.75) is 13.0 Å². The average Bonchev–Trinajstić information content (AvgIpc) is 2.97. The van der Waals surface area contributed by atoms with Crippen LogP contribution in [-0.4, -0.2) is 53.1 Å². The van der Waals surface area contributed by atoms with Crippen molar-refractivity contribution in [1.82, 2.24) is 4.90 Å². The lowest BCUT2D eigenvalue weighted by molar-refractivity contribution is -0.133. The Balaban J connectivity index is 1.62. The van der Waals surface area contributed by atoms with Gasteiger partial charge in [-0.2, -0.15) is 0 Å². The van der Waals surface area contributed by atoms with E-state index in [-0.39, 0.29) is 17.4 Å². The van der Waals surface area contributed by atoms with Gasteiger partial charge in [-0.05, 0) is 12.0 Å². The minimum atomic E-state index is -0.883. The molecule has 0 radical (unpaired) electrons. The SMILES string of the molecule is O=C(O)CSCC(=O)N1CCC(COCc2ccccc2)C1. The summed E-state index contributed by atoms with van der Waals surface area (Å²) in [6.07, 6.45) is 0.949. The van der Waals surface area contributed by atoms with Crippen LogP contribution < -0.4 is 0 Å². The first-order chi connectivity index (χ1) is 10.6. The van der Waals surface area contributed by atoms with E-state index in [0.717, 1.165) is 30.3 Å². The Bertz CT molecular complexity index is 494. The summed E-state index contributed by atoms with van der Waals surface area (Å²) in [7, 11) is 0. The zero-order valence-electron chi connectivity index (χ0n) is 12.4. The van der Waals surface area contributed by atoms with Crippen molar-refractivity contribution in [3.63, 3.8) is 0 Å². The standard InChI is InChI=1S/C16H21NO4S/c18-15(11-22-12-16(19)20)17-7-6-14(8-17)10-21-9-13-4-2-1-3-5-13/h1-5,14H,6-12H2,(H,19,20). The number of benzene rings is 1. The maximum atomic E-state index is 11.9. The van der Waals surface area contributed by atoms with Crippen molar-refractivity contribution >= 4 is 23.6 Å². The molecule has 0 spiro atoms. The molecule has 1 aliphatic heterocycles. The molecule has 0 aromatic heterocycles. The molecule has 1 aromatic rings. The lowest BCUT2D eigenvalue weighted by Crippen LogP contribution is -2.31. The van der Waals surface area contributed by atoms with Gasteiger partial charge in [-0.1, -0.05) is 30.3 Å². The fraction of sp³-hybridized carbons (Fsp3) is 0.500. The third kappa shape index (κ3) is 5.69. The zero-order chi connectivity index (χ0) is 15.8. The number of ether oxygens (including phenoxy) is 1. The highest BCUT2D eigenvalue weighted by molar-refractivity contribution is 8.00. The van der Waals surface area contributed by atoms with Gasteiger partial charge in [0.15, 0.2) is 0 Å². The summed E-state index contributed by atoms with van der Waals surface area (Å²) in [6.45, 7) is 2.70. The van der Waals surface area contributed by atoms with E-state index >= 15 is 0 Å². The number of carboxylic acid groups (broad SMARTS) is 1. The summed E-state index contributed by atoms with van der Waals surface area (Å²) in [5, 5.41) is 8.56. The molecule has 0 saturated carbocycles. The second kappa shape index (κ2) is 8.80. The van der Waals surface area contributed by atoms with Gasteiger partial charge in [-0.3, -0.25) is 9.59 Å². The number of hydrogen-bond donors (Lipinski definition) is 1. The smallest absolute Gasteiger partial charge is 0.313 e. The van der Waals surface area contributed by atoms with Gasteiger partial charge < -0.3 is 14.7 Å². The van der Waals surface area contributed by atoms with Crippen LogP contribution in [0.1, 0.15) is 12.0 Å². The van der Waals surface area contributed by atoms with Crippen LogP contribution in [0, 0.1) is 5.92 Å². The van der Waals surface area contributed by atoms with Crippen LogP contribution in [-0.2, 0) is 20.9 Å². The molecule has 2 rings (SSSR count). The van der Waals surface area contributed by atoms with Gasteiger partial charge >= 0.3 is 5.97 Å². The van der Waals surface area contributed by atoms with Crippen LogP contribution in [0.25, 0.3) is 0 Å². The maximum Gasteiger partial charge on any atom is 0.313 e.